The molecular weight excluding hydrogens is 471 g/mol. The van der Waals surface area contributed by atoms with Crippen LogP contribution in [0.25, 0.3) is 16.8 Å². The van der Waals surface area contributed by atoms with E-state index < -0.39 is 0 Å². The van der Waals surface area contributed by atoms with Crippen molar-refractivity contribution in [3.8, 4) is 11.1 Å². The van der Waals surface area contributed by atoms with Crippen LogP contribution in [0, 0.1) is 0 Å². The summed E-state index contributed by atoms with van der Waals surface area (Å²) in [6.07, 6.45) is 5.46. The molecule has 3 heterocycles. The van der Waals surface area contributed by atoms with E-state index in [-0.39, 0.29) is 42.9 Å². The number of benzene rings is 2. The summed E-state index contributed by atoms with van der Waals surface area (Å²) in [4.78, 5) is 19.3. The number of carbonyl (C=O) groups excluding carboxylic acids is 1. The van der Waals surface area contributed by atoms with Gasteiger partial charge in [0.05, 0.1) is 6.04 Å². The monoisotopic (exact) mass is 496 g/mol. The number of ether oxygens (including phenoxy) is 1. The maximum atomic E-state index is 13.0. The number of pyridine rings is 1. The van der Waals surface area contributed by atoms with E-state index in [0.29, 0.717) is 19.7 Å². The van der Waals surface area contributed by atoms with E-state index in [1.54, 1.807) is 11.1 Å². The predicted molar refractivity (Wildman–Crippen MR) is 137 cm³/mol. The van der Waals surface area contributed by atoms with Crippen LogP contribution in [0.1, 0.15) is 28.7 Å². The van der Waals surface area contributed by atoms with E-state index in [2.05, 4.69) is 64.9 Å². The number of carbonyl (C=O) groups is 1. The molecule has 6 rings (SSSR count). The number of halogens is 2. The third kappa shape index (κ3) is 4.13. The maximum absolute atomic E-state index is 13.0. The third-order valence-corrected chi connectivity index (χ3v) is 6.59. The largest absolute Gasteiger partial charge is 0.448 e. The second-order valence-electron chi connectivity index (χ2n) is 8.38. The summed E-state index contributed by atoms with van der Waals surface area (Å²) in [5, 5.41) is 3.52. The number of hydrogen-bond acceptors (Lipinski definition) is 4. The molecule has 0 radical (unpaired) electrons. The molecule has 4 aromatic rings. The molecule has 1 aliphatic carbocycles. The number of nitrogens with zero attached hydrogens (tertiary/aromatic N) is 3. The van der Waals surface area contributed by atoms with Crippen LogP contribution in [0.5, 0.6) is 0 Å². The molecule has 6 nitrogen and oxygen atoms in total. The van der Waals surface area contributed by atoms with Crippen molar-refractivity contribution < 1.29 is 9.53 Å². The predicted octanol–water partition coefficient (Wildman–Crippen LogP) is 5.07. The SMILES string of the molecule is Cl.Cl.O=C(OCC1c2ccccc2-c2ccccc21)N1CCNC(c2cccn3ccnc23)C1. The molecule has 1 fully saturated rings. The van der Waals surface area contributed by atoms with Crippen LogP contribution in [0.2, 0.25) is 0 Å². The molecule has 2 aromatic heterocycles. The van der Waals surface area contributed by atoms with Gasteiger partial charge in [-0.25, -0.2) is 9.78 Å². The Balaban J connectivity index is 0.00000137. The van der Waals surface area contributed by atoms with Gasteiger partial charge >= 0.3 is 6.09 Å². The van der Waals surface area contributed by atoms with Gasteiger partial charge in [0.25, 0.3) is 0 Å². The second kappa shape index (κ2) is 10.1. The zero-order valence-corrected chi connectivity index (χ0v) is 20.1. The minimum atomic E-state index is -0.256. The van der Waals surface area contributed by atoms with Gasteiger partial charge in [0.15, 0.2) is 0 Å². The lowest BCUT2D eigenvalue weighted by molar-refractivity contribution is 0.0883. The summed E-state index contributed by atoms with van der Waals surface area (Å²) in [5.41, 5.74) is 6.93. The Morgan fingerprint density at radius 1 is 0.941 bits per heavy atom. The number of piperazine rings is 1. The molecule has 2 aliphatic rings. The van der Waals surface area contributed by atoms with Gasteiger partial charge in [0.2, 0.25) is 0 Å². The summed E-state index contributed by atoms with van der Waals surface area (Å²) in [6, 6.07) is 20.9. The van der Waals surface area contributed by atoms with Crippen molar-refractivity contribution in [2.45, 2.75) is 12.0 Å². The first-order valence-electron chi connectivity index (χ1n) is 11.0. The smallest absolute Gasteiger partial charge is 0.409 e. The minimum Gasteiger partial charge on any atom is -0.448 e. The molecule has 1 saturated heterocycles. The van der Waals surface area contributed by atoms with Crippen LogP contribution < -0.4 is 5.32 Å². The van der Waals surface area contributed by atoms with Gasteiger partial charge in [-0.2, -0.15) is 0 Å². The molecule has 176 valence electrons. The van der Waals surface area contributed by atoms with Gasteiger partial charge in [0.1, 0.15) is 12.3 Å². The Kier molecular flexibility index (Phi) is 7.12. The number of imidazole rings is 1. The van der Waals surface area contributed by atoms with E-state index in [0.717, 1.165) is 17.8 Å². The second-order valence-corrected chi connectivity index (χ2v) is 8.38. The van der Waals surface area contributed by atoms with Crippen molar-refractivity contribution in [3.63, 3.8) is 0 Å². The van der Waals surface area contributed by atoms with Gasteiger partial charge < -0.3 is 19.4 Å². The van der Waals surface area contributed by atoms with E-state index in [4.69, 9.17) is 4.74 Å². The first-order chi connectivity index (χ1) is 15.8. The normalized spacial score (nSPS) is 16.8. The Labute approximate surface area is 210 Å². The highest BCUT2D eigenvalue weighted by molar-refractivity contribution is 5.85. The van der Waals surface area contributed by atoms with E-state index in [1.807, 2.05) is 22.9 Å². The fourth-order valence-electron chi connectivity index (χ4n) is 5.05. The van der Waals surface area contributed by atoms with Crippen molar-refractivity contribution >= 4 is 36.6 Å². The van der Waals surface area contributed by atoms with Gasteiger partial charge in [-0.15, -0.1) is 24.8 Å². The molecule has 1 atom stereocenters. The zero-order chi connectivity index (χ0) is 21.5. The average Bonchev–Trinajstić information content (AvgIpc) is 3.45. The van der Waals surface area contributed by atoms with Crippen molar-refractivity contribution in [2.24, 2.45) is 0 Å². The minimum absolute atomic E-state index is 0. The highest BCUT2D eigenvalue weighted by Crippen LogP contribution is 2.44. The molecule has 1 N–H and O–H groups in total. The molecule has 34 heavy (non-hydrogen) atoms. The van der Waals surface area contributed by atoms with Crippen molar-refractivity contribution in [1.29, 1.82) is 0 Å². The molecule has 8 heteroatoms. The molecule has 0 spiro atoms. The Morgan fingerprint density at radius 3 is 2.35 bits per heavy atom. The molecule has 0 bridgehead atoms. The molecule has 2 aromatic carbocycles. The highest BCUT2D eigenvalue weighted by atomic mass is 35.5. The van der Waals surface area contributed by atoms with Gasteiger partial charge in [-0.3, -0.25) is 0 Å². The maximum Gasteiger partial charge on any atom is 0.409 e. The molecule has 1 aliphatic heterocycles. The average molecular weight is 497 g/mol. The summed E-state index contributed by atoms with van der Waals surface area (Å²) in [5.74, 6) is 0.0729. The Bertz CT molecular complexity index is 1260. The number of amides is 1. The lowest BCUT2D eigenvalue weighted by Crippen LogP contribution is -2.48. The van der Waals surface area contributed by atoms with E-state index >= 15 is 0 Å². The van der Waals surface area contributed by atoms with E-state index in [9.17, 15) is 4.79 Å². The van der Waals surface area contributed by atoms with Crippen LogP contribution >= 0.6 is 24.8 Å². The fraction of sp³-hybridized carbons (Fsp3) is 0.231. The summed E-state index contributed by atoms with van der Waals surface area (Å²) in [7, 11) is 0. The Hall–Kier alpha value is -3.06. The molecule has 1 unspecified atom stereocenters. The van der Waals surface area contributed by atoms with Crippen molar-refractivity contribution in [3.05, 3.63) is 95.9 Å². The Morgan fingerprint density at radius 2 is 1.62 bits per heavy atom. The summed E-state index contributed by atoms with van der Waals surface area (Å²) in [6.45, 7) is 2.25. The van der Waals surface area contributed by atoms with Gasteiger partial charge in [0, 0.05) is 49.7 Å². The van der Waals surface area contributed by atoms with Crippen LogP contribution in [-0.4, -0.2) is 46.6 Å². The highest BCUT2D eigenvalue weighted by Gasteiger charge is 2.31. The summed E-state index contributed by atoms with van der Waals surface area (Å²) < 4.78 is 7.88. The van der Waals surface area contributed by atoms with Crippen molar-refractivity contribution in [1.82, 2.24) is 19.6 Å². The van der Waals surface area contributed by atoms with Gasteiger partial charge in [-0.05, 0) is 28.3 Å². The first kappa shape index (κ1) is 24.1. The quantitative estimate of drug-likeness (QED) is 0.429. The molecular formula is C26H26Cl2N4O2. The lowest BCUT2D eigenvalue weighted by atomic mass is 9.98. The molecule has 1 amide bonds. The van der Waals surface area contributed by atoms with Gasteiger partial charge in [-0.1, -0.05) is 54.6 Å². The van der Waals surface area contributed by atoms with Crippen LogP contribution in [0.3, 0.4) is 0 Å². The topological polar surface area (TPSA) is 58.9 Å². The number of fused-ring (bicyclic) bond motifs is 4. The zero-order valence-electron chi connectivity index (χ0n) is 18.5. The third-order valence-electron chi connectivity index (χ3n) is 6.59. The lowest BCUT2D eigenvalue weighted by Gasteiger charge is -2.33. The molecule has 0 saturated carbocycles. The van der Waals surface area contributed by atoms with E-state index in [1.165, 1.54) is 22.3 Å². The summed E-state index contributed by atoms with van der Waals surface area (Å²) >= 11 is 0. The van der Waals surface area contributed by atoms with Crippen LogP contribution in [-0.2, 0) is 4.74 Å². The fourth-order valence-corrected chi connectivity index (χ4v) is 5.05. The first-order valence-corrected chi connectivity index (χ1v) is 11.0. The van der Waals surface area contributed by atoms with Crippen LogP contribution in [0.4, 0.5) is 4.79 Å². The number of hydrogen-bond donors (Lipinski definition) is 1. The number of nitrogens with one attached hydrogen (secondary N) is 1. The number of rotatable bonds is 3. The standard InChI is InChI=1S/C26H24N4O2.2ClH/c31-26(30-15-11-27-24(16-30)22-10-5-13-29-14-12-28-25(22)29)32-17-23-20-8-3-1-6-18(20)19-7-2-4-9-21(19)23;;/h1-10,12-14,23-24,27H,11,15-17H2;2*1H. The van der Waals surface area contributed by atoms with Crippen molar-refractivity contribution in [2.75, 3.05) is 26.2 Å². The number of aromatic nitrogens is 2. The van der Waals surface area contributed by atoms with Crippen LogP contribution in [0.15, 0.2) is 79.3 Å².